The number of ether oxygens (including phenoxy) is 1. The number of carbonyl (C=O) groups excluding carboxylic acids is 1. The van der Waals surface area contributed by atoms with E-state index in [1.54, 1.807) is 18.3 Å². The summed E-state index contributed by atoms with van der Waals surface area (Å²) in [5, 5.41) is 11.8. The lowest BCUT2D eigenvalue weighted by Gasteiger charge is -2.21. The van der Waals surface area contributed by atoms with Crippen molar-refractivity contribution < 1.29 is 19.4 Å². The van der Waals surface area contributed by atoms with Gasteiger partial charge < -0.3 is 20.1 Å². The largest absolute Gasteiger partial charge is 0.481 e. The SMILES string of the molecule is COc1cc(CNC(=O)N2CCC[C@@H]2C(=O)O)ccn1. The minimum absolute atomic E-state index is 0.306. The zero-order valence-electron chi connectivity index (χ0n) is 11.2. The predicted octanol–water partition coefficient (Wildman–Crippen LogP) is 0.849. The third-order valence-electron chi connectivity index (χ3n) is 3.25. The molecule has 1 aliphatic heterocycles. The Morgan fingerprint density at radius 2 is 2.40 bits per heavy atom. The number of likely N-dealkylation sites (tertiary alicyclic amines) is 1. The Morgan fingerprint density at radius 1 is 1.60 bits per heavy atom. The highest BCUT2D eigenvalue weighted by molar-refractivity contribution is 5.83. The predicted molar refractivity (Wildman–Crippen MR) is 70.4 cm³/mol. The molecule has 2 rings (SSSR count). The van der Waals surface area contributed by atoms with Crippen LogP contribution in [0.25, 0.3) is 0 Å². The van der Waals surface area contributed by atoms with Gasteiger partial charge in [-0.25, -0.2) is 14.6 Å². The van der Waals surface area contributed by atoms with Crippen LogP contribution < -0.4 is 10.1 Å². The van der Waals surface area contributed by atoms with E-state index in [0.717, 1.165) is 5.56 Å². The molecule has 2 amide bonds. The van der Waals surface area contributed by atoms with Crippen molar-refractivity contribution >= 4 is 12.0 Å². The number of carbonyl (C=O) groups is 2. The fourth-order valence-corrected chi connectivity index (χ4v) is 2.22. The molecule has 108 valence electrons. The molecule has 0 saturated carbocycles. The lowest BCUT2D eigenvalue weighted by Crippen LogP contribution is -2.45. The normalized spacial score (nSPS) is 17.9. The summed E-state index contributed by atoms with van der Waals surface area (Å²) >= 11 is 0. The van der Waals surface area contributed by atoms with E-state index in [0.29, 0.717) is 31.8 Å². The minimum Gasteiger partial charge on any atom is -0.481 e. The minimum atomic E-state index is -0.955. The van der Waals surface area contributed by atoms with E-state index < -0.39 is 12.0 Å². The number of aliphatic carboxylic acids is 1. The summed E-state index contributed by atoms with van der Waals surface area (Å²) in [6.07, 6.45) is 2.82. The van der Waals surface area contributed by atoms with Gasteiger partial charge >= 0.3 is 12.0 Å². The van der Waals surface area contributed by atoms with Crippen molar-refractivity contribution in [3.05, 3.63) is 23.9 Å². The molecule has 1 aromatic rings. The number of carboxylic acid groups (broad SMARTS) is 1. The number of methoxy groups -OCH3 is 1. The van der Waals surface area contributed by atoms with Gasteiger partial charge in [0.15, 0.2) is 0 Å². The second-order valence-corrected chi connectivity index (χ2v) is 4.55. The van der Waals surface area contributed by atoms with Gasteiger partial charge in [0.1, 0.15) is 6.04 Å². The Kier molecular flexibility index (Phi) is 4.39. The molecule has 2 N–H and O–H groups in total. The third-order valence-corrected chi connectivity index (χ3v) is 3.25. The second-order valence-electron chi connectivity index (χ2n) is 4.55. The monoisotopic (exact) mass is 279 g/mol. The molecule has 7 nitrogen and oxygen atoms in total. The fourth-order valence-electron chi connectivity index (χ4n) is 2.22. The number of carboxylic acids is 1. The van der Waals surface area contributed by atoms with Crippen LogP contribution in [0.3, 0.4) is 0 Å². The van der Waals surface area contributed by atoms with E-state index in [4.69, 9.17) is 9.84 Å². The van der Waals surface area contributed by atoms with Crippen LogP contribution in [-0.2, 0) is 11.3 Å². The smallest absolute Gasteiger partial charge is 0.326 e. The highest BCUT2D eigenvalue weighted by Gasteiger charge is 2.33. The van der Waals surface area contributed by atoms with Crippen molar-refractivity contribution in [2.45, 2.75) is 25.4 Å². The van der Waals surface area contributed by atoms with Crippen LogP contribution in [0.5, 0.6) is 5.88 Å². The quantitative estimate of drug-likeness (QED) is 0.852. The van der Waals surface area contributed by atoms with Gasteiger partial charge in [0.05, 0.1) is 7.11 Å². The van der Waals surface area contributed by atoms with Crippen molar-refractivity contribution in [3.63, 3.8) is 0 Å². The summed E-state index contributed by atoms with van der Waals surface area (Å²) in [7, 11) is 1.52. The number of aromatic nitrogens is 1. The summed E-state index contributed by atoms with van der Waals surface area (Å²) in [6, 6.07) is 2.41. The Hall–Kier alpha value is -2.31. The molecular weight excluding hydrogens is 262 g/mol. The maximum absolute atomic E-state index is 12.0. The summed E-state index contributed by atoms with van der Waals surface area (Å²) in [6.45, 7) is 0.781. The maximum atomic E-state index is 12.0. The molecule has 1 saturated heterocycles. The third kappa shape index (κ3) is 3.17. The first-order valence-corrected chi connectivity index (χ1v) is 6.38. The highest BCUT2D eigenvalue weighted by Crippen LogP contribution is 2.17. The van der Waals surface area contributed by atoms with Crippen LogP contribution in [-0.4, -0.2) is 46.7 Å². The standard InChI is InChI=1S/C13H17N3O4/c1-20-11-7-9(4-5-14-11)8-15-13(19)16-6-2-3-10(16)12(17)18/h4-5,7,10H,2-3,6,8H2,1H3,(H,15,19)(H,17,18)/t10-/m1/s1. The summed E-state index contributed by atoms with van der Waals surface area (Å²) in [4.78, 5) is 28.4. The molecule has 0 unspecified atom stereocenters. The van der Waals surface area contributed by atoms with Gasteiger partial charge in [0.25, 0.3) is 0 Å². The van der Waals surface area contributed by atoms with Gasteiger partial charge in [0.2, 0.25) is 5.88 Å². The molecule has 0 radical (unpaired) electrons. The number of urea groups is 1. The van der Waals surface area contributed by atoms with Crippen molar-refractivity contribution in [1.29, 1.82) is 0 Å². The molecule has 20 heavy (non-hydrogen) atoms. The van der Waals surface area contributed by atoms with Crippen molar-refractivity contribution in [3.8, 4) is 5.88 Å². The second kappa shape index (κ2) is 6.23. The average Bonchev–Trinajstić information content (AvgIpc) is 2.94. The molecule has 0 aromatic carbocycles. The van der Waals surface area contributed by atoms with E-state index >= 15 is 0 Å². The first-order valence-electron chi connectivity index (χ1n) is 6.38. The molecule has 0 bridgehead atoms. The van der Waals surface area contributed by atoms with Gasteiger partial charge in [-0.2, -0.15) is 0 Å². The van der Waals surface area contributed by atoms with Gasteiger partial charge in [-0.3, -0.25) is 0 Å². The molecule has 1 atom stereocenters. The summed E-state index contributed by atoms with van der Waals surface area (Å²) in [5.41, 5.74) is 0.844. The Balaban J connectivity index is 1.93. The van der Waals surface area contributed by atoms with E-state index in [2.05, 4.69) is 10.3 Å². The van der Waals surface area contributed by atoms with Crippen LogP contribution in [0.4, 0.5) is 4.79 Å². The molecular formula is C13H17N3O4. The Morgan fingerprint density at radius 3 is 3.10 bits per heavy atom. The number of amides is 2. The molecule has 1 fully saturated rings. The van der Waals surface area contributed by atoms with Crippen LogP contribution in [0, 0.1) is 0 Å². The van der Waals surface area contributed by atoms with Gasteiger partial charge in [0, 0.05) is 25.4 Å². The molecule has 7 heteroatoms. The maximum Gasteiger partial charge on any atom is 0.326 e. The summed E-state index contributed by atoms with van der Waals surface area (Å²) < 4.78 is 5.00. The number of hydrogen-bond donors (Lipinski definition) is 2. The lowest BCUT2D eigenvalue weighted by atomic mass is 10.2. The Labute approximate surface area is 116 Å². The number of rotatable bonds is 4. The van der Waals surface area contributed by atoms with E-state index in [9.17, 15) is 9.59 Å². The molecule has 1 aliphatic rings. The van der Waals surface area contributed by atoms with Crippen LogP contribution in [0.1, 0.15) is 18.4 Å². The van der Waals surface area contributed by atoms with Crippen LogP contribution >= 0.6 is 0 Å². The van der Waals surface area contributed by atoms with Crippen molar-refractivity contribution in [1.82, 2.24) is 15.2 Å². The average molecular weight is 279 g/mol. The highest BCUT2D eigenvalue weighted by atomic mass is 16.5. The number of nitrogens with zero attached hydrogens (tertiary/aromatic N) is 2. The topological polar surface area (TPSA) is 91.8 Å². The lowest BCUT2D eigenvalue weighted by molar-refractivity contribution is -0.141. The number of hydrogen-bond acceptors (Lipinski definition) is 4. The first-order chi connectivity index (χ1) is 9.61. The van der Waals surface area contributed by atoms with Crippen LogP contribution in [0.15, 0.2) is 18.3 Å². The molecule has 0 spiro atoms. The van der Waals surface area contributed by atoms with E-state index in [1.165, 1.54) is 12.0 Å². The molecule has 2 heterocycles. The zero-order valence-corrected chi connectivity index (χ0v) is 11.2. The zero-order chi connectivity index (χ0) is 14.5. The van der Waals surface area contributed by atoms with Gasteiger partial charge in [-0.1, -0.05) is 0 Å². The fraction of sp³-hybridized carbons (Fsp3) is 0.462. The van der Waals surface area contributed by atoms with Crippen LogP contribution in [0.2, 0.25) is 0 Å². The van der Waals surface area contributed by atoms with E-state index in [1.807, 2.05) is 0 Å². The Bertz CT molecular complexity index is 506. The van der Waals surface area contributed by atoms with Gasteiger partial charge in [-0.05, 0) is 24.5 Å². The number of nitrogens with one attached hydrogen (secondary N) is 1. The molecule has 0 aliphatic carbocycles. The first kappa shape index (κ1) is 14.1. The van der Waals surface area contributed by atoms with Crippen molar-refractivity contribution in [2.75, 3.05) is 13.7 Å². The number of pyridine rings is 1. The van der Waals surface area contributed by atoms with Gasteiger partial charge in [-0.15, -0.1) is 0 Å². The van der Waals surface area contributed by atoms with Crippen molar-refractivity contribution in [2.24, 2.45) is 0 Å². The summed E-state index contributed by atoms with van der Waals surface area (Å²) in [5.74, 6) is -0.482. The molecule has 1 aromatic heterocycles. The van der Waals surface area contributed by atoms with E-state index in [-0.39, 0.29) is 6.03 Å².